The van der Waals surface area contributed by atoms with Crippen molar-refractivity contribution in [2.24, 2.45) is 16.3 Å². The maximum Gasteiger partial charge on any atom is 0.336 e. The highest BCUT2D eigenvalue weighted by atomic mass is 32.1. The number of carbonyl (C=O) groups excluding carboxylic acids is 2. The second kappa shape index (κ2) is 7.56. The van der Waals surface area contributed by atoms with E-state index in [1.165, 1.54) is 0 Å². The van der Waals surface area contributed by atoms with Crippen LogP contribution in [0.25, 0.3) is 0 Å². The van der Waals surface area contributed by atoms with E-state index in [0.717, 1.165) is 37.1 Å². The maximum absolute atomic E-state index is 13.1. The molecule has 2 aliphatic heterocycles. The van der Waals surface area contributed by atoms with Crippen molar-refractivity contribution in [1.82, 2.24) is 0 Å². The van der Waals surface area contributed by atoms with Crippen molar-refractivity contribution in [1.29, 1.82) is 0 Å². The fourth-order valence-corrected chi connectivity index (χ4v) is 5.39. The van der Waals surface area contributed by atoms with Crippen LogP contribution in [0.15, 0.2) is 33.1 Å². The zero-order valence-corrected chi connectivity index (χ0v) is 17.5. The van der Waals surface area contributed by atoms with Crippen LogP contribution < -0.4 is 0 Å². The van der Waals surface area contributed by atoms with Crippen LogP contribution in [-0.4, -0.2) is 36.8 Å². The molecule has 3 atom stereocenters. The van der Waals surface area contributed by atoms with E-state index in [4.69, 9.17) is 14.5 Å². The van der Waals surface area contributed by atoms with Gasteiger partial charge in [0.25, 0.3) is 0 Å². The predicted molar refractivity (Wildman–Crippen MR) is 109 cm³/mol. The SMILES string of the molecule is CC1=C(C(=O)OCC2CCCO2)C(c2ccsc2)C2C(=O)CC(C)(C)CC2=N1. The molecule has 0 N–H and O–H groups in total. The first-order chi connectivity index (χ1) is 13.4. The number of Topliss-reactive ketones (excluding diaryl/α,β-unsaturated/α-hetero) is 1. The molecule has 6 heteroatoms. The minimum Gasteiger partial charge on any atom is -0.460 e. The molecule has 0 aromatic carbocycles. The number of hydrogen-bond acceptors (Lipinski definition) is 6. The van der Waals surface area contributed by atoms with E-state index >= 15 is 0 Å². The second-order valence-electron chi connectivity index (χ2n) is 8.83. The standard InChI is InChI=1S/C22H27NO4S/c1-13-18(21(25)27-11-15-5-4-7-26-15)19(14-6-8-28-12-14)20-16(23-13)9-22(2,3)10-17(20)24/h6,8,12,15,19-20H,4-5,7,9-11H2,1-3H3. The second-order valence-corrected chi connectivity index (χ2v) is 9.61. The summed E-state index contributed by atoms with van der Waals surface area (Å²) in [6.07, 6.45) is 3.18. The first kappa shape index (κ1) is 19.5. The highest BCUT2D eigenvalue weighted by Gasteiger charge is 2.47. The molecule has 5 nitrogen and oxygen atoms in total. The Morgan fingerprint density at radius 1 is 1.36 bits per heavy atom. The van der Waals surface area contributed by atoms with Gasteiger partial charge >= 0.3 is 5.97 Å². The van der Waals surface area contributed by atoms with Gasteiger partial charge in [-0.05, 0) is 54.0 Å². The summed E-state index contributed by atoms with van der Waals surface area (Å²) in [6, 6.07) is 2.01. The summed E-state index contributed by atoms with van der Waals surface area (Å²) in [5.74, 6) is -0.872. The van der Waals surface area contributed by atoms with E-state index in [2.05, 4.69) is 13.8 Å². The normalized spacial score (nSPS) is 29.5. The maximum atomic E-state index is 13.1. The molecule has 0 spiro atoms. The van der Waals surface area contributed by atoms with Crippen molar-refractivity contribution in [3.05, 3.63) is 33.7 Å². The lowest BCUT2D eigenvalue weighted by atomic mass is 9.63. The van der Waals surface area contributed by atoms with Gasteiger partial charge in [-0.2, -0.15) is 11.3 Å². The summed E-state index contributed by atoms with van der Waals surface area (Å²) in [5.41, 5.74) is 3.01. The summed E-state index contributed by atoms with van der Waals surface area (Å²) >= 11 is 1.58. The highest BCUT2D eigenvalue weighted by Crippen LogP contribution is 2.47. The molecule has 28 heavy (non-hydrogen) atoms. The summed E-state index contributed by atoms with van der Waals surface area (Å²) < 4.78 is 11.2. The minimum atomic E-state index is -0.371. The molecule has 150 valence electrons. The van der Waals surface area contributed by atoms with Crippen LogP contribution in [0.3, 0.4) is 0 Å². The summed E-state index contributed by atoms with van der Waals surface area (Å²) in [7, 11) is 0. The van der Waals surface area contributed by atoms with E-state index in [1.807, 2.05) is 23.8 Å². The number of allylic oxidation sites excluding steroid dienone is 1. The van der Waals surface area contributed by atoms with Crippen LogP contribution in [0, 0.1) is 11.3 Å². The van der Waals surface area contributed by atoms with Crippen molar-refractivity contribution < 1.29 is 19.1 Å². The van der Waals surface area contributed by atoms with Gasteiger partial charge in [-0.1, -0.05) is 13.8 Å². The lowest BCUT2D eigenvalue weighted by molar-refractivity contribution is -0.142. The number of ketones is 1. The van der Waals surface area contributed by atoms with Crippen molar-refractivity contribution >= 4 is 28.8 Å². The van der Waals surface area contributed by atoms with E-state index < -0.39 is 0 Å². The molecule has 1 aliphatic carbocycles. The third-order valence-electron chi connectivity index (χ3n) is 5.91. The van der Waals surface area contributed by atoms with Gasteiger partial charge in [-0.15, -0.1) is 0 Å². The number of carbonyl (C=O) groups is 2. The fourth-order valence-electron chi connectivity index (χ4n) is 4.69. The molecular formula is C22H27NO4S. The number of thiophene rings is 1. The van der Waals surface area contributed by atoms with Gasteiger partial charge in [0, 0.05) is 30.4 Å². The van der Waals surface area contributed by atoms with Crippen molar-refractivity contribution in [2.45, 2.75) is 58.5 Å². The lowest BCUT2D eigenvalue weighted by Gasteiger charge is -2.40. The van der Waals surface area contributed by atoms with Crippen LogP contribution in [-0.2, 0) is 19.1 Å². The first-order valence-electron chi connectivity index (χ1n) is 9.97. The van der Waals surface area contributed by atoms with Gasteiger partial charge in [0.2, 0.25) is 0 Å². The Balaban J connectivity index is 1.68. The molecule has 1 aromatic rings. The van der Waals surface area contributed by atoms with E-state index in [0.29, 0.717) is 17.7 Å². The molecule has 0 amide bonds. The smallest absolute Gasteiger partial charge is 0.336 e. The van der Waals surface area contributed by atoms with Crippen LogP contribution in [0.5, 0.6) is 0 Å². The average molecular weight is 402 g/mol. The number of esters is 1. The van der Waals surface area contributed by atoms with Crippen molar-refractivity contribution in [3.63, 3.8) is 0 Å². The van der Waals surface area contributed by atoms with Gasteiger partial charge < -0.3 is 9.47 Å². The Morgan fingerprint density at radius 2 is 2.18 bits per heavy atom. The molecular weight excluding hydrogens is 374 g/mol. The third kappa shape index (κ3) is 3.72. The molecule has 1 aromatic heterocycles. The largest absolute Gasteiger partial charge is 0.460 e. The monoisotopic (exact) mass is 401 g/mol. The first-order valence-corrected chi connectivity index (χ1v) is 10.9. The quantitative estimate of drug-likeness (QED) is 0.706. The number of fused-ring (bicyclic) bond motifs is 1. The molecule has 0 bridgehead atoms. The number of aliphatic imine (C=N–C) groups is 1. The molecule has 3 aliphatic rings. The summed E-state index contributed by atoms with van der Waals surface area (Å²) in [4.78, 5) is 30.9. The molecule has 3 unspecified atom stereocenters. The van der Waals surface area contributed by atoms with Crippen LogP contribution in [0.1, 0.15) is 57.9 Å². The van der Waals surface area contributed by atoms with Crippen molar-refractivity contribution in [2.75, 3.05) is 13.2 Å². The van der Waals surface area contributed by atoms with Gasteiger partial charge in [0.05, 0.1) is 17.6 Å². The Hall–Kier alpha value is -1.79. The number of rotatable bonds is 4. The Bertz CT molecular complexity index is 831. The van der Waals surface area contributed by atoms with Gasteiger partial charge in [0.1, 0.15) is 12.4 Å². The Labute approximate surface area is 169 Å². The van der Waals surface area contributed by atoms with Gasteiger partial charge in [-0.3, -0.25) is 9.79 Å². The predicted octanol–water partition coefficient (Wildman–Crippen LogP) is 4.29. The fraction of sp³-hybridized carbons (Fsp3) is 0.591. The Kier molecular flexibility index (Phi) is 5.27. The topological polar surface area (TPSA) is 65.0 Å². The lowest BCUT2D eigenvalue weighted by Crippen LogP contribution is -2.44. The molecule has 0 radical (unpaired) electrons. The van der Waals surface area contributed by atoms with E-state index in [1.54, 1.807) is 11.3 Å². The molecule has 1 saturated heterocycles. The molecule has 1 saturated carbocycles. The number of ether oxygens (including phenoxy) is 2. The summed E-state index contributed by atoms with van der Waals surface area (Å²) in [5, 5.41) is 4.02. The minimum absolute atomic E-state index is 0.0239. The van der Waals surface area contributed by atoms with Crippen LogP contribution in [0.4, 0.5) is 0 Å². The summed E-state index contributed by atoms with van der Waals surface area (Å²) in [6.45, 7) is 7.05. The highest BCUT2D eigenvalue weighted by molar-refractivity contribution is 7.08. The molecule has 3 heterocycles. The van der Waals surface area contributed by atoms with E-state index in [9.17, 15) is 9.59 Å². The van der Waals surface area contributed by atoms with Gasteiger partial charge in [0.15, 0.2) is 0 Å². The average Bonchev–Trinajstić information content (AvgIpc) is 3.31. The van der Waals surface area contributed by atoms with Gasteiger partial charge in [-0.25, -0.2) is 4.79 Å². The van der Waals surface area contributed by atoms with Crippen molar-refractivity contribution in [3.8, 4) is 0 Å². The molecule has 2 fully saturated rings. The van der Waals surface area contributed by atoms with E-state index in [-0.39, 0.29) is 41.7 Å². The van der Waals surface area contributed by atoms with Crippen LogP contribution >= 0.6 is 11.3 Å². The number of nitrogens with zero attached hydrogens (tertiary/aromatic N) is 1. The third-order valence-corrected chi connectivity index (χ3v) is 6.61. The Morgan fingerprint density at radius 3 is 2.86 bits per heavy atom. The number of hydrogen-bond donors (Lipinski definition) is 0. The zero-order valence-electron chi connectivity index (χ0n) is 16.7. The zero-order chi connectivity index (χ0) is 19.9. The van der Waals surface area contributed by atoms with Crippen LogP contribution in [0.2, 0.25) is 0 Å². The molecule has 4 rings (SSSR count).